The van der Waals surface area contributed by atoms with Crippen LogP contribution in [0.2, 0.25) is 0 Å². The maximum absolute atomic E-state index is 12.1. The molecule has 146 valence electrons. The van der Waals surface area contributed by atoms with E-state index in [1.807, 2.05) is 4.90 Å². The molecule has 2 unspecified atom stereocenters. The lowest BCUT2D eigenvalue weighted by molar-refractivity contribution is -0.134. The number of amides is 2. The van der Waals surface area contributed by atoms with Gasteiger partial charge in [-0.15, -0.1) is 24.8 Å². The minimum absolute atomic E-state index is 0. The molecular weight excluding hydrogens is 371 g/mol. The number of nitrogens with zero attached hydrogens (tertiary/aromatic N) is 2. The lowest BCUT2D eigenvalue weighted by atomic mass is 10.2. The van der Waals surface area contributed by atoms with Gasteiger partial charge >= 0.3 is 0 Å². The van der Waals surface area contributed by atoms with Crippen molar-refractivity contribution in [2.24, 2.45) is 0 Å². The maximum Gasteiger partial charge on any atom is 0.250 e. The number of hydrogen-bond acceptors (Lipinski definition) is 6. The summed E-state index contributed by atoms with van der Waals surface area (Å²) in [5, 5.41) is 6.08. The maximum atomic E-state index is 12.1. The Morgan fingerprint density at radius 1 is 1.20 bits per heavy atom. The van der Waals surface area contributed by atoms with E-state index in [4.69, 9.17) is 9.47 Å². The van der Waals surface area contributed by atoms with Gasteiger partial charge in [0.1, 0.15) is 6.10 Å². The Bertz CT molecular complexity index is 432. The van der Waals surface area contributed by atoms with Crippen LogP contribution in [0.5, 0.6) is 0 Å². The smallest absolute Gasteiger partial charge is 0.250 e. The zero-order valence-corrected chi connectivity index (χ0v) is 15.9. The van der Waals surface area contributed by atoms with Gasteiger partial charge in [-0.3, -0.25) is 14.5 Å². The molecule has 0 aliphatic carbocycles. The third-order valence-electron chi connectivity index (χ3n) is 4.57. The molecule has 0 bridgehead atoms. The van der Waals surface area contributed by atoms with E-state index in [9.17, 15) is 9.59 Å². The summed E-state index contributed by atoms with van der Waals surface area (Å²) >= 11 is 0. The molecule has 3 aliphatic rings. The van der Waals surface area contributed by atoms with Gasteiger partial charge in [0.15, 0.2) is 0 Å². The lowest BCUT2D eigenvalue weighted by Gasteiger charge is -2.28. The summed E-state index contributed by atoms with van der Waals surface area (Å²) in [6.07, 6.45) is -0.0594. The molecular formula is C15H28Cl2N4O4. The van der Waals surface area contributed by atoms with Crippen molar-refractivity contribution in [3.05, 3.63) is 0 Å². The molecule has 3 heterocycles. The highest BCUT2D eigenvalue weighted by atomic mass is 35.5. The molecule has 3 fully saturated rings. The highest BCUT2D eigenvalue weighted by molar-refractivity contribution is 5.86. The van der Waals surface area contributed by atoms with Crippen molar-refractivity contribution < 1.29 is 19.1 Å². The number of morpholine rings is 2. The average Bonchev–Trinajstić information content (AvgIpc) is 2.94. The normalized spacial score (nSPS) is 27.4. The standard InChI is InChI=1S/C15H26N4O4.2ClH/c20-14-9-12(17-15(21)13-10-16-1-6-23-13)11-19(14)3-2-18-4-7-22-8-5-18;;/h12-13,16H,1-11H2,(H,17,21);2*1H. The SMILES string of the molecule is Cl.Cl.O=C(NC1CC(=O)N(CCN2CCOCC2)C1)C1CNCCO1. The predicted octanol–water partition coefficient (Wildman–Crippen LogP) is -1.13. The fourth-order valence-corrected chi connectivity index (χ4v) is 3.20. The van der Waals surface area contributed by atoms with E-state index in [1.165, 1.54) is 0 Å². The van der Waals surface area contributed by atoms with Crippen LogP contribution in [-0.2, 0) is 19.1 Å². The van der Waals surface area contributed by atoms with Gasteiger partial charge < -0.3 is 25.0 Å². The van der Waals surface area contributed by atoms with Crippen molar-refractivity contribution in [3.8, 4) is 0 Å². The Balaban J connectivity index is 0.00000156. The molecule has 2 atom stereocenters. The third kappa shape index (κ3) is 6.54. The molecule has 10 heteroatoms. The summed E-state index contributed by atoms with van der Waals surface area (Å²) < 4.78 is 10.8. The molecule has 3 saturated heterocycles. The van der Waals surface area contributed by atoms with Gasteiger partial charge in [-0.2, -0.15) is 0 Å². The van der Waals surface area contributed by atoms with Gasteiger partial charge in [-0.25, -0.2) is 0 Å². The molecule has 0 saturated carbocycles. The number of carbonyl (C=O) groups is 2. The summed E-state index contributed by atoms with van der Waals surface area (Å²) in [4.78, 5) is 28.4. The predicted molar refractivity (Wildman–Crippen MR) is 97.5 cm³/mol. The van der Waals surface area contributed by atoms with Gasteiger partial charge in [-0.1, -0.05) is 0 Å². The first-order valence-corrected chi connectivity index (χ1v) is 8.43. The second-order valence-corrected chi connectivity index (χ2v) is 6.27. The monoisotopic (exact) mass is 398 g/mol. The molecule has 0 radical (unpaired) electrons. The third-order valence-corrected chi connectivity index (χ3v) is 4.57. The fraction of sp³-hybridized carbons (Fsp3) is 0.867. The van der Waals surface area contributed by atoms with Crippen molar-refractivity contribution in [2.45, 2.75) is 18.6 Å². The Kier molecular flexibility index (Phi) is 9.99. The Morgan fingerprint density at radius 2 is 1.96 bits per heavy atom. The molecule has 25 heavy (non-hydrogen) atoms. The quantitative estimate of drug-likeness (QED) is 0.609. The van der Waals surface area contributed by atoms with Crippen LogP contribution in [0.15, 0.2) is 0 Å². The first-order chi connectivity index (χ1) is 11.2. The Morgan fingerprint density at radius 3 is 2.64 bits per heavy atom. The number of ether oxygens (including phenoxy) is 2. The number of carbonyl (C=O) groups excluding carboxylic acids is 2. The van der Waals surface area contributed by atoms with Crippen LogP contribution >= 0.6 is 24.8 Å². The largest absolute Gasteiger partial charge is 0.379 e. The van der Waals surface area contributed by atoms with Gasteiger partial charge in [0.2, 0.25) is 5.91 Å². The molecule has 2 N–H and O–H groups in total. The van der Waals surface area contributed by atoms with Crippen molar-refractivity contribution >= 4 is 36.6 Å². The molecule has 0 spiro atoms. The second kappa shape index (κ2) is 11.2. The Labute approximate surface area is 160 Å². The van der Waals surface area contributed by atoms with Gasteiger partial charge in [0.05, 0.1) is 25.9 Å². The zero-order chi connectivity index (χ0) is 16.1. The lowest BCUT2D eigenvalue weighted by Crippen LogP contribution is -2.50. The van der Waals surface area contributed by atoms with E-state index < -0.39 is 6.10 Å². The molecule has 0 aromatic rings. The van der Waals surface area contributed by atoms with E-state index in [0.717, 1.165) is 39.4 Å². The molecule has 8 nitrogen and oxygen atoms in total. The van der Waals surface area contributed by atoms with Crippen LogP contribution in [0.3, 0.4) is 0 Å². The van der Waals surface area contributed by atoms with Crippen LogP contribution in [0.25, 0.3) is 0 Å². The summed E-state index contributed by atoms with van der Waals surface area (Å²) in [5.74, 6) is -0.00345. The number of halogens is 2. The van der Waals surface area contributed by atoms with Crippen LogP contribution in [0, 0.1) is 0 Å². The number of hydrogen-bond donors (Lipinski definition) is 2. The summed E-state index contributed by atoms with van der Waals surface area (Å²) in [5.41, 5.74) is 0. The van der Waals surface area contributed by atoms with Crippen molar-refractivity contribution in [1.29, 1.82) is 0 Å². The average molecular weight is 399 g/mol. The zero-order valence-electron chi connectivity index (χ0n) is 14.3. The second-order valence-electron chi connectivity index (χ2n) is 6.27. The van der Waals surface area contributed by atoms with Crippen LogP contribution in [0.4, 0.5) is 0 Å². The minimum atomic E-state index is -0.443. The van der Waals surface area contributed by atoms with Crippen LogP contribution in [-0.4, -0.2) is 99.4 Å². The first-order valence-electron chi connectivity index (χ1n) is 8.43. The fourth-order valence-electron chi connectivity index (χ4n) is 3.20. The summed E-state index contributed by atoms with van der Waals surface area (Å²) in [7, 11) is 0. The summed E-state index contributed by atoms with van der Waals surface area (Å²) in [6, 6.07) is -0.106. The molecule has 3 rings (SSSR count). The highest BCUT2D eigenvalue weighted by Gasteiger charge is 2.32. The Hall–Kier alpha value is -0.640. The number of nitrogens with one attached hydrogen (secondary N) is 2. The van der Waals surface area contributed by atoms with Crippen molar-refractivity contribution in [3.63, 3.8) is 0 Å². The molecule has 0 aromatic heterocycles. The molecule has 2 amide bonds. The number of likely N-dealkylation sites (tertiary alicyclic amines) is 1. The topological polar surface area (TPSA) is 83.1 Å². The van der Waals surface area contributed by atoms with E-state index in [0.29, 0.717) is 32.7 Å². The first kappa shape index (κ1) is 22.4. The van der Waals surface area contributed by atoms with Crippen LogP contribution in [0.1, 0.15) is 6.42 Å². The van der Waals surface area contributed by atoms with E-state index in [2.05, 4.69) is 15.5 Å². The van der Waals surface area contributed by atoms with E-state index in [1.54, 1.807) is 0 Å². The van der Waals surface area contributed by atoms with Gasteiger partial charge in [-0.05, 0) is 0 Å². The van der Waals surface area contributed by atoms with E-state index in [-0.39, 0.29) is 42.7 Å². The van der Waals surface area contributed by atoms with Crippen LogP contribution < -0.4 is 10.6 Å². The van der Waals surface area contributed by atoms with Crippen molar-refractivity contribution in [2.75, 3.05) is 65.6 Å². The van der Waals surface area contributed by atoms with Gasteiger partial charge in [0, 0.05) is 52.2 Å². The molecule has 3 aliphatic heterocycles. The number of rotatable bonds is 5. The van der Waals surface area contributed by atoms with Crippen molar-refractivity contribution in [1.82, 2.24) is 20.4 Å². The minimum Gasteiger partial charge on any atom is -0.379 e. The highest BCUT2D eigenvalue weighted by Crippen LogP contribution is 2.12. The molecule has 0 aromatic carbocycles. The van der Waals surface area contributed by atoms with E-state index >= 15 is 0 Å². The van der Waals surface area contributed by atoms with Gasteiger partial charge in [0.25, 0.3) is 5.91 Å². The summed E-state index contributed by atoms with van der Waals surface area (Å²) in [6.45, 7) is 7.42.